The van der Waals surface area contributed by atoms with Gasteiger partial charge in [0.15, 0.2) is 0 Å². The molecular weight excluding hydrogens is 356 g/mol. The monoisotopic (exact) mass is 365 g/mol. The molecule has 10 heteroatoms. The Morgan fingerprint density at radius 3 is 2.32 bits per heavy atom. The molecule has 0 aliphatic carbocycles. The van der Waals surface area contributed by atoms with Gasteiger partial charge in [-0.15, -0.1) is 13.2 Å². The van der Waals surface area contributed by atoms with Gasteiger partial charge in [-0.3, -0.25) is 4.79 Å². The number of carbonyl (C=O) groups is 1. The van der Waals surface area contributed by atoms with E-state index in [1.165, 1.54) is 6.07 Å². The van der Waals surface area contributed by atoms with Crippen LogP contribution in [0.3, 0.4) is 0 Å². The predicted molar refractivity (Wildman–Crippen MR) is 72.7 cm³/mol. The van der Waals surface area contributed by atoms with Crippen LogP contribution in [0.4, 0.5) is 26.3 Å². The molecule has 0 saturated carbocycles. The molecule has 0 aliphatic rings. The first-order valence-corrected chi connectivity index (χ1v) is 6.61. The molecule has 2 rings (SSSR count). The highest BCUT2D eigenvalue weighted by molar-refractivity contribution is 5.71. The van der Waals surface area contributed by atoms with Crippen LogP contribution in [0.15, 0.2) is 36.4 Å². The zero-order chi connectivity index (χ0) is 18.8. The number of halogens is 6. The third kappa shape index (κ3) is 5.10. The van der Waals surface area contributed by atoms with Gasteiger partial charge in [0.2, 0.25) is 0 Å². The van der Waals surface area contributed by atoms with Gasteiger partial charge < -0.3 is 9.84 Å². The van der Waals surface area contributed by atoms with Crippen molar-refractivity contribution < 1.29 is 41.0 Å². The third-order valence-corrected chi connectivity index (χ3v) is 2.95. The summed E-state index contributed by atoms with van der Waals surface area (Å²) in [6, 6.07) is 6.31. The summed E-state index contributed by atoms with van der Waals surface area (Å²) in [4.78, 5) is 14.0. The number of alkyl halides is 6. The molecule has 0 fully saturated rings. The molecule has 0 spiro atoms. The number of ether oxygens (including phenoxy) is 1. The summed E-state index contributed by atoms with van der Waals surface area (Å²) in [7, 11) is 0. The van der Waals surface area contributed by atoms with Crippen molar-refractivity contribution in [1.29, 1.82) is 0 Å². The Labute approximate surface area is 136 Å². The number of nitrogens with zero attached hydrogens (tertiary/aromatic N) is 1. The first kappa shape index (κ1) is 18.6. The van der Waals surface area contributed by atoms with E-state index in [0.717, 1.165) is 30.3 Å². The second kappa shape index (κ2) is 6.61. The van der Waals surface area contributed by atoms with Crippen molar-refractivity contribution in [2.24, 2.45) is 0 Å². The van der Waals surface area contributed by atoms with Gasteiger partial charge in [0, 0.05) is 5.56 Å². The molecule has 0 amide bonds. The van der Waals surface area contributed by atoms with Gasteiger partial charge >= 0.3 is 18.5 Å². The van der Waals surface area contributed by atoms with Crippen LogP contribution in [0.1, 0.15) is 11.3 Å². The second-order valence-corrected chi connectivity index (χ2v) is 4.85. The normalized spacial score (nSPS) is 12.1. The molecule has 0 radical (unpaired) electrons. The summed E-state index contributed by atoms with van der Waals surface area (Å²) in [5, 5.41) is 8.67. The van der Waals surface area contributed by atoms with Crippen LogP contribution in [0.5, 0.6) is 5.75 Å². The number of pyridine rings is 1. The number of carboxylic acids is 1. The minimum atomic E-state index is -4.95. The maximum absolute atomic E-state index is 13.1. The van der Waals surface area contributed by atoms with E-state index in [1.807, 2.05) is 0 Å². The summed E-state index contributed by atoms with van der Waals surface area (Å²) in [6.45, 7) is 0. The molecule has 1 aromatic carbocycles. The Morgan fingerprint density at radius 1 is 1.08 bits per heavy atom. The van der Waals surface area contributed by atoms with E-state index < -0.39 is 41.9 Å². The molecule has 1 aromatic heterocycles. The Bertz CT molecular complexity index is 786. The van der Waals surface area contributed by atoms with Crippen LogP contribution in [-0.4, -0.2) is 22.4 Å². The number of carboxylic acid groups (broad SMARTS) is 1. The third-order valence-electron chi connectivity index (χ3n) is 2.95. The molecular formula is C15H9F6NO3. The van der Waals surface area contributed by atoms with Crippen molar-refractivity contribution in [3.05, 3.63) is 47.7 Å². The SMILES string of the molecule is O=C(O)Cc1ccc(-c2cccc(OC(F)(F)F)c2)nc1C(F)(F)F. The van der Waals surface area contributed by atoms with Gasteiger partial charge in [0.1, 0.15) is 11.4 Å². The molecule has 2 aromatic rings. The van der Waals surface area contributed by atoms with Crippen LogP contribution >= 0.6 is 0 Å². The lowest BCUT2D eigenvalue weighted by Crippen LogP contribution is -2.17. The highest BCUT2D eigenvalue weighted by atomic mass is 19.4. The van der Waals surface area contributed by atoms with Crippen LogP contribution in [0, 0.1) is 0 Å². The van der Waals surface area contributed by atoms with E-state index >= 15 is 0 Å². The Morgan fingerprint density at radius 2 is 1.76 bits per heavy atom. The quantitative estimate of drug-likeness (QED) is 0.821. The van der Waals surface area contributed by atoms with Crippen molar-refractivity contribution in [2.75, 3.05) is 0 Å². The molecule has 1 heterocycles. The fraction of sp³-hybridized carbons (Fsp3) is 0.200. The van der Waals surface area contributed by atoms with Gasteiger partial charge in [-0.1, -0.05) is 18.2 Å². The zero-order valence-corrected chi connectivity index (χ0v) is 12.1. The predicted octanol–water partition coefficient (Wildman–Crippen LogP) is 4.29. The van der Waals surface area contributed by atoms with Crippen LogP contribution in [0.25, 0.3) is 11.3 Å². The van der Waals surface area contributed by atoms with Gasteiger partial charge in [0.05, 0.1) is 12.1 Å². The van der Waals surface area contributed by atoms with E-state index in [9.17, 15) is 31.1 Å². The van der Waals surface area contributed by atoms with E-state index in [4.69, 9.17) is 5.11 Å². The fourth-order valence-electron chi connectivity index (χ4n) is 2.05. The average molecular weight is 365 g/mol. The minimum Gasteiger partial charge on any atom is -0.481 e. The maximum atomic E-state index is 13.1. The number of aliphatic carboxylic acids is 1. The minimum absolute atomic E-state index is 0.0471. The Kier molecular flexibility index (Phi) is 4.91. The smallest absolute Gasteiger partial charge is 0.481 e. The standard InChI is InChI=1S/C15H9F6NO3/c16-14(17,18)13-9(7-12(23)24)4-5-11(22-13)8-2-1-3-10(6-8)25-15(19,20)21/h1-6H,7H2,(H,23,24). The van der Waals surface area contributed by atoms with Crippen molar-refractivity contribution in [3.63, 3.8) is 0 Å². The largest absolute Gasteiger partial charge is 0.573 e. The van der Waals surface area contributed by atoms with Crippen molar-refractivity contribution in [3.8, 4) is 17.0 Å². The van der Waals surface area contributed by atoms with Crippen LogP contribution < -0.4 is 4.74 Å². The number of aromatic nitrogens is 1. The van der Waals surface area contributed by atoms with Crippen molar-refractivity contribution >= 4 is 5.97 Å². The number of benzene rings is 1. The number of rotatable bonds is 4. The first-order valence-electron chi connectivity index (χ1n) is 6.61. The topological polar surface area (TPSA) is 59.4 Å². The average Bonchev–Trinajstić information content (AvgIpc) is 2.44. The highest BCUT2D eigenvalue weighted by Gasteiger charge is 2.36. The maximum Gasteiger partial charge on any atom is 0.573 e. The molecule has 0 unspecified atom stereocenters. The van der Waals surface area contributed by atoms with E-state index in [0.29, 0.717) is 0 Å². The molecule has 0 bridgehead atoms. The molecule has 0 saturated heterocycles. The summed E-state index contributed by atoms with van der Waals surface area (Å²) < 4.78 is 79.6. The zero-order valence-electron chi connectivity index (χ0n) is 12.1. The molecule has 0 aliphatic heterocycles. The molecule has 4 nitrogen and oxygen atoms in total. The molecule has 0 atom stereocenters. The number of hydrogen-bond donors (Lipinski definition) is 1. The van der Waals surface area contributed by atoms with E-state index in [2.05, 4.69) is 9.72 Å². The summed E-state index contributed by atoms with van der Waals surface area (Å²) in [5.41, 5.74) is -2.27. The first-order chi connectivity index (χ1) is 11.5. The van der Waals surface area contributed by atoms with Gasteiger partial charge in [-0.25, -0.2) is 4.98 Å². The summed E-state index contributed by atoms with van der Waals surface area (Å²) >= 11 is 0. The van der Waals surface area contributed by atoms with Crippen molar-refractivity contribution in [2.45, 2.75) is 19.0 Å². The van der Waals surface area contributed by atoms with Gasteiger partial charge in [0.25, 0.3) is 0 Å². The van der Waals surface area contributed by atoms with E-state index in [-0.39, 0.29) is 11.3 Å². The van der Waals surface area contributed by atoms with E-state index in [1.54, 1.807) is 0 Å². The summed E-state index contributed by atoms with van der Waals surface area (Å²) in [6.07, 6.45) is -10.8. The van der Waals surface area contributed by atoms with Crippen LogP contribution in [0.2, 0.25) is 0 Å². The summed E-state index contributed by atoms with van der Waals surface area (Å²) in [5.74, 6) is -2.09. The lowest BCUT2D eigenvalue weighted by atomic mass is 10.1. The highest BCUT2D eigenvalue weighted by Crippen LogP contribution is 2.33. The van der Waals surface area contributed by atoms with Crippen LogP contribution in [-0.2, 0) is 17.4 Å². The lowest BCUT2D eigenvalue weighted by Gasteiger charge is -2.13. The number of hydrogen-bond acceptors (Lipinski definition) is 3. The van der Waals surface area contributed by atoms with Gasteiger partial charge in [-0.05, 0) is 23.8 Å². The Balaban J connectivity index is 2.46. The molecule has 134 valence electrons. The second-order valence-electron chi connectivity index (χ2n) is 4.85. The Hall–Kier alpha value is -2.78. The van der Waals surface area contributed by atoms with Gasteiger partial charge in [-0.2, -0.15) is 13.2 Å². The van der Waals surface area contributed by atoms with Crippen molar-refractivity contribution in [1.82, 2.24) is 4.98 Å². The fourth-order valence-corrected chi connectivity index (χ4v) is 2.05. The molecule has 1 N–H and O–H groups in total. The molecule has 25 heavy (non-hydrogen) atoms. The lowest BCUT2D eigenvalue weighted by molar-refractivity contribution is -0.274.